The van der Waals surface area contributed by atoms with Gasteiger partial charge >= 0.3 is 5.97 Å². The van der Waals surface area contributed by atoms with E-state index < -0.39 is 17.3 Å². The molecule has 0 bridgehead atoms. The summed E-state index contributed by atoms with van der Waals surface area (Å²) in [5, 5.41) is 11.2. The van der Waals surface area contributed by atoms with E-state index in [9.17, 15) is 14.7 Å². The van der Waals surface area contributed by atoms with Crippen LogP contribution in [-0.2, 0) is 28.5 Å². The minimum atomic E-state index is -0.948. The zero-order valence-corrected chi connectivity index (χ0v) is 15.1. The third-order valence-corrected chi connectivity index (χ3v) is 4.50. The molecular formula is C15H28N2O7S. The molecule has 0 radical (unpaired) electrons. The quantitative estimate of drug-likeness (QED) is 0.529. The molecule has 1 heterocycles. The van der Waals surface area contributed by atoms with E-state index >= 15 is 0 Å². The zero-order chi connectivity index (χ0) is 18.3. The van der Waals surface area contributed by atoms with Crippen LogP contribution in [0.2, 0.25) is 0 Å². The van der Waals surface area contributed by atoms with Crippen molar-refractivity contribution in [3.63, 3.8) is 0 Å². The summed E-state index contributed by atoms with van der Waals surface area (Å²) in [7, 11) is 0. The Morgan fingerprint density at radius 1 is 1.04 bits per heavy atom. The van der Waals surface area contributed by atoms with Crippen LogP contribution in [0.15, 0.2) is 0 Å². The van der Waals surface area contributed by atoms with Crippen molar-refractivity contribution in [3.8, 4) is 0 Å². The van der Waals surface area contributed by atoms with Crippen molar-refractivity contribution in [1.29, 1.82) is 0 Å². The van der Waals surface area contributed by atoms with E-state index in [0.29, 0.717) is 65.0 Å². The van der Waals surface area contributed by atoms with Crippen LogP contribution in [-0.4, -0.2) is 93.4 Å². The van der Waals surface area contributed by atoms with Crippen molar-refractivity contribution in [2.45, 2.75) is 17.7 Å². The largest absolute Gasteiger partial charge is 0.480 e. The molecule has 1 saturated heterocycles. The molecule has 0 aromatic carbocycles. The summed E-state index contributed by atoms with van der Waals surface area (Å²) in [5.74, 6) is -0.758. The predicted octanol–water partition coefficient (Wildman–Crippen LogP) is -0.914. The number of nitrogens with two attached hydrogens (primary N) is 1. The molecule has 0 spiro atoms. The number of hydrogen-bond acceptors (Lipinski definition) is 8. The Labute approximate surface area is 151 Å². The average molecular weight is 380 g/mol. The van der Waals surface area contributed by atoms with Crippen molar-refractivity contribution < 1.29 is 33.6 Å². The fourth-order valence-electron chi connectivity index (χ4n) is 1.89. The van der Waals surface area contributed by atoms with Gasteiger partial charge in [-0.1, -0.05) is 0 Å². The van der Waals surface area contributed by atoms with Gasteiger partial charge in [0.15, 0.2) is 0 Å². The van der Waals surface area contributed by atoms with Crippen LogP contribution < -0.4 is 11.1 Å². The highest BCUT2D eigenvalue weighted by molar-refractivity contribution is 8.00. The Morgan fingerprint density at radius 3 is 2.20 bits per heavy atom. The van der Waals surface area contributed by atoms with E-state index in [1.807, 2.05) is 0 Å². The molecule has 0 aromatic rings. The first-order valence-electron chi connectivity index (χ1n) is 8.30. The van der Waals surface area contributed by atoms with Crippen molar-refractivity contribution >= 4 is 23.6 Å². The molecule has 1 amide bonds. The van der Waals surface area contributed by atoms with Gasteiger partial charge in [-0.3, -0.25) is 9.59 Å². The molecule has 0 aromatic heterocycles. The molecule has 1 aliphatic rings. The maximum absolute atomic E-state index is 11.8. The number of amides is 1. The molecule has 146 valence electrons. The highest BCUT2D eigenvalue weighted by Gasteiger charge is 2.20. The first-order valence-corrected chi connectivity index (χ1v) is 9.35. The zero-order valence-electron chi connectivity index (χ0n) is 14.3. The topological polar surface area (TPSA) is 129 Å². The summed E-state index contributed by atoms with van der Waals surface area (Å²) in [5.41, 5.74) is 5.81. The second-order valence-electron chi connectivity index (χ2n) is 5.30. The first-order chi connectivity index (χ1) is 12.1. The highest BCUT2D eigenvalue weighted by atomic mass is 32.2. The number of ether oxygens (including phenoxy) is 4. The van der Waals surface area contributed by atoms with Crippen LogP contribution >= 0.6 is 11.8 Å². The van der Waals surface area contributed by atoms with Crippen molar-refractivity contribution in [3.05, 3.63) is 0 Å². The van der Waals surface area contributed by atoms with Gasteiger partial charge in [0.2, 0.25) is 5.91 Å². The molecule has 1 unspecified atom stereocenters. The van der Waals surface area contributed by atoms with E-state index in [1.165, 1.54) is 11.8 Å². The van der Waals surface area contributed by atoms with Crippen LogP contribution in [0.25, 0.3) is 0 Å². The normalized spacial score (nSPS) is 27.2. The molecule has 2 atom stereocenters. The minimum Gasteiger partial charge on any atom is -0.480 e. The third-order valence-electron chi connectivity index (χ3n) is 3.29. The van der Waals surface area contributed by atoms with E-state index in [4.69, 9.17) is 24.7 Å². The van der Waals surface area contributed by atoms with Crippen molar-refractivity contribution in [2.75, 3.05) is 65.2 Å². The Hall–Kier alpha value is -0.910. The maximum atomic E-state index is 11.8. The molecule has 1 fully saturated rings. The molecule has 0 aliphatic carbocycles. The van der Waals surface area contributed by atoms with Gasteiger partial charge < -0.3 is 35.1 Å². The summed E-state index contributed by atoms with van der Waals surface area (Å²) in [6.07, 6.45) is 0.387. The highest BCUT2D eigenvalue weighted by Crippen LogP contribution is 2.14. The summed E-state index contributed by atoms with van der Waals surface area (Å²) in [4.78, 5) is 23.0. The standard InChI is InChI=1S/C15H28N2O7S/c16-12-1-10-25-13(15(19)20)11-24-9-8-23-7-6-22-5-4-21-3-2-17-14(12)18/h12-13H,1-11,16H2,(H,17,18)(H,19,20)/t12-,13?/m1/s1. The van der Waals surface area contributed by atoms with Crippen LogP contribution in [0.3, 0.4) is 0 Å². The second kappa shape index (κ2) is 14.3. The van der Waals surface area contributed by atoms with Gasteiger partial charge in [0.25, 0.3) is 0 Å². The molecular weight excluding hydrogens is 352 g/mol. The molecule has 1 rings (SSSR count). The molecule has 9 nitrogen and oxygen atoms in total. The summed E-state index contributed by atoms with van der Waals surface area (Å²) < 4.78 is 21.3. The second-order valence-corrected chi connectivity index (χ2v) is 6.61. The van der Waals surface area contributed by atoms with E-state index in [2.05, 4.69) is 5.32 Å². The summed E-state index contributed by atoms with van der Waals surface area (Å²) in [6.45, 7) is 3.30. The molecule has 0 saturated carbocycles. The van der Waals surface area contributed by atoms with E-state index in [-0.39, 0.29) is 12.5 Å². The van der Waals surface area contributed by atoms with Gasteiger partial charge in [0, 0.05) is 6.54 Å². The summed E-state index contributed by atoms with van der Waals surface area (Å²) in [6, 6.07) is -0.676. The predicted molar refractivity (Wildman–Crippen MR) is 92.8 cm³/mol. The van der Waals surface area contributed by atoms with Crippen molar-refractivity contribution in [2.24, 2.45) is 5.73 Å². The fourth-order valence-corrected chi connectivity index (χ4v) is 2.90. The molecule has 10 heteroatoms. The van der Waals surface area contributed by atoms with Crippen LogP contribution in [0.1, 0.15) is 6.42 Å². The minimum absolute atomic E-state index is 0.0820. The van der Waals surface area contributed by atoms with Gasteiger partial charge in [0.1, 0.15) is 5.25 Å². The van der Waals surface area contributed by atoms with E-state index in [0.717, 1.165) is 0 Å². The van der Waals surface area contributed by atoms with Gasteiger partial charge in [-0.2, -0.15) is 0 Å². The number of thioether (sulfide) groups is 1. The number of aliphatic carboxylic acids is 1. The Morgan fingerprint density at radius 2 is 1.60 bits per heavy atom. The number of rotatable bonds is 1. The Kier molecular flexibility index (Phi) is 12.6. The van der Waals surface area contributed by atoms with Crippen LogP contribution in [0.5, 0.6) is 0 Å². The number of hydrogen-bond donors (Lipinski definition) is 3. The number of carbonyl (C=O) groups excluding carboxylic acids is 1. The SMILES string of the molecule is N[C@@H]1CCSC(C(=O)O)COCCOCCOCCOCCNC1=O. The number of nitrogens with one attached hydrogen (secondary N) is 1. The van der Waals surface area contributed by atoms with Crippen molar-refractivity contribution in [1.82, 2.24) is 5.32 Å². The van der Waals surface area contributed by atoms with Crippen LogP contribution in [0, 0.1) is 0 Å². The number of carboxylic acids is 1. The lowest BCUT2D eigenvalue weighted by molar-refractivity contribution is -0.137. The lowest BCUT2D eigenvalue weighted by Gasteiger charge is -2.15. The molecule has 1 aliphatic heterocycles. The number of carbonyl (C=O) groups is 2. The number of carboxylic acid groups (broad SMARTS) is 1. The van der Waals surface area contributed by atoms with Gasteiger partial charge in [-0.25, -0.2) is 0 Å². The van der Waals surface area contributed by atoms with Gasteiger partial charge in [0.05, 0.1) is 58.9 Å². The molecule has 25 heavy (non-hydrogen) atoms. The maximum Gasteiger partial charge on any atom is 0.319 e. The lowest BCUT2D eigenvalue weighted by Crippen LogP contribution is -2.42. The Bertz CT molecular complexity index is 387. The van der Waals surface area contributed by atoms with Gasteiger partial charge in [-0.15, -0.1) is 11.8 Å². The molecule has 4 N–H and O–H groups in total. The van der Waals surface area contributed by atoms with Gasteiger partial charge in [-0.05, 0) is 12.2 Å². The first kappa shape index (κ1) is 22.1. The average Bonchev–Trinajstić information content (AvgIpc) is 2.58. The Balaban J connectivity index is 2.39. The lowest BCUT2D eigenvalue weighted by atomic mass is 10.2. The van der Waals surface area contributed by atoms with E-state index in [1.54, 1.807) is 0 Å². The summed E-state index contributed by atoms with van der Waals surface area (Å²) >= 11 is 1.21. The monoisotopic (exact) mass is 380 g/mol. The third kappa shape index (κ3) is 11.3. The van der Waals surface area contributed by atoms with Crippen LogP contribution in [0.4, 0.5) is 0 Å². The fraction of sp³-hybridized carbons (Fsp3) is 0.867. The smallest absolute Gasteiger partial charge is 0.319 e.